The fourth-order valence-corrected chi connectivity index (χ4v) is 4.43. The van der Waals surface area contributed by atoms with E-state index in [1.807, 2.05) is 48.7 Å². The molecule has 166 valence electrons. The number of hydrogen-bond acceptors (Lipinski definition) is 4. The minimum Gasteiger partial charge on any atom is -0.497 e. The van der Waals surface area contributed by atoms with E-state index in [1.54, 1.807) is 13.3 Å². The minimum absolute atomic E-state index is 0.696. The summed E-state index contributed by atoms with van der Waals surface area (Å²) in [6.07, 6.45) is 8.35. The van der Waals surface area contributed by atoms with Crippen LogP contribution < -0.4 is 4.74 Å². The SMILES string of the molecule is COc1cccc(/C(=C/CCN2CCC(O)(c3ccc(Cl)cc3)CC2)c2cccnc2)c1. The van der Waals surface area contributed by atoms with Crippen molar-refractivity contribution in [2.24, 2.45) is 0 Å². The first-order valence-electron chi connectivity index (χ1n) is 11.0. The van der Waals surface area contributed by atoms with E-state index < -0.39 is 5.60 Å². The Kier molecular flexibility index (Phi) is 7.26. The lowest BCUT2D eigenvalue weighted by atomic mass is 9.84. The Morgan fingerprint density at radius 1 is 1.09 bits per heavy atom. The lowest BCUT2D eigenvalue weighted by Crippen LogP contribution is -2.42. The largest absolute Gasteiger partial charge is 0.497 e. The van der Waals surface area contributed by atoms with Crippen LogP contribution in [0.25, 0.3) is 5.57 Å². The first-order chi connectivity index (χ1) is 15.6. The molecule has 2 heterocycles. The molecule has 0 saturated carbocycles. The standard InChI is InChI=1S/C27H29ClN2O2/c1-32-25-7-2-5-21(19-25)26(22-6-3-15-29-20-22)8-4-16-30-17-13-27(31,14-18-30)23-9-11-24(28)12-10-23/h2-3,5-12,15,19-20,31H,4,13-14,16-18H2,1H3/b26-8-. The molecule has 0 bridgehead atoms. The number of aliphatic hydroxyl groups is 1. The molecule has 1 N–H and O–H groups in total. The molecular formula is C27H29ClN2O2. The summed E-state index contributed by atoms with van der Waals surface area (Å²) in [4.78, 5) is 6.73. The van der Waals surface area contributed by atoms with Gasteiger partial charge in [-0.25, -0.2) is 0 Å². The smallest absolute Gasteiger partial charge is 0.119 e. The molecule has 32 heavy (non-hydrogen) atoms. The number of aromatic nitrogens is 1. The molecule has 5 heteroatoms. The van der Waals surface area contributed by atoms with Crippen LogP contribution in [0.5, 0.6) is 5.75 Å². The Morgan fingerprint density at radius 2 is 1.84 bits per heavy atom. The second-order valence-electron chi connectivity index (χ2n) is 8.26. The molecule has 4 rings (SSSR count). The number of halogens is 1. The molecule has 0 unspecified atom stereocenters. The molecule has 1 aliphatic heterocycles. The molecule has 0 amide bonds. The highest BCUT2D eigenvalue weighted by atomic mass is 35.5. The summed E-state index contributed by atoms with van der Waals surface area (Å²) in [6.45, 7) is 2.69. The number of pyridine rings is 1. The molecule has 2 aromatic carbocycles. The van der Waals surface area contributed by atoms with Crippen LogP contribution in [0.1, 0.15) is 36.0 Å². The van der Waals surface area contributed by atoms with Crippen LogP contribution in [-0.2, 0) is 5.60 Å². The summed E-state index contributed by atoms with van der Waals surface area (Å²) >= 11 is 6.00. The van der Waals surface area contributed by atoms with Crippen molar-refractivity contribution in [2.45, 2.75) is 24.9 Å². The van der Waals surface area contributed by atoms with E-state index in [1.165, 1.54) is 0 Å². The van der Waals surface area contributed by atoms with Gasteiger partial charge in [0.1, 0.15) is 5.75 Å². The topological polar surface area (TPSA) is 45.6 Å². The van der Waals surface area contributed by atoms with E-state index in [2.05, 4.69) is 34.2 Å². The summed E-state index contributed by atoms with van der Waals surface area (Å²) < 4.78 is 5.42. The van der Waals surface area contributed by atoms with Crippen LogP contribution in [-0.4, -0.2) is 41.7 Å². The first-order valence-corrected chi connectivity index (χ1v) is 11.4. The van der Waals surface area contributed by atoms with Gasteiger partial charge in [-0.15, -0.1) is 0 Å². The Balaban J connectivity index is 1.42. The maximum Gasteiger partial charge on any atom is 0.119 e. The number of nitrogens with zero attached hydrogens (tertiary/aromatic N) is 2. The van der Waals surface area contributed by atoms with Crippen LogP contribution in [0.2, 0.25) is 5.02 Å². The molecular weight excluding hydrogens is 420 g/mol. The number of hydrogen-bond donors (Lipinski definition) is 1. The normalized spacial score (nSPS) is 16.7. The highest BCUT2D eigenvalue weighted by Crippen LogP contribution is 2.33. The molecule has 4 nitrogen and oxygen atoms in total. The van der Waals surface area contributed by atoms with Gasteiger partial charge in [0.2, 0.25) is 0 Å². The van der Waals surface area contributed by atoms with E-state index in [0.29, 0.717) is 5.02 Å². The lowest BCUT2D eigenvalue weighted by molar-refractivity contribution is -0.0254. The van der Waals surface area contributed by atoms with E-state index in [4.69, 9.17) is 16.3 Å². The van der Waals surface area contributed by atoms with Gasteiger partial charge in [-0.1, -0.05) is 48.0 Å². The Labute approximate surface area is 195 Å². The van der Waals surface area contributed by atoms with Crippen molar-refractivity contribution in [3.05, 3.63) is 101 Å². The lowest BCUT2D eigenvalue weighted by Gasteiger charge is -2.38. The zero-order chi connectivity index (χ0) is 22.4. The van der Waals surface area contributed by atoms with E-state index in [0.717, 1.165) is 66.9 Å². The summed E-state index contributed by atoms with van der Waals surface area (Å²) in [5, 5.41) is 11.8. The van der Waals surface area contributed by atoms with Crippen LogP contribution in [0.4, 0.5) is 0 Å². The van der Waals surface area contributed by atoms with E-state index in [-0.39, 0.29) is 0 Å². The second kappa shape index (κ2) is 10.3. The summed E-state index contributed by atoms with van der Waals surface area (Å²) in [7, 11) is 1.69. The van der Waals surface area contributed by atoms with Gasteiger partial charge in [0.25, 0.3) is 0 Å². The third kappa shape index (κ3) is 5.39. The highest BCUT2D eigenvalue weighted by Gasteiger charge is 2.33. The molecule has 0 aliphatic carbocycles. The van der Waals surface area contributed by atoms with Gasteiger partial charge >= 0.3 is 0 Å². The molecule has 1 fully saturated rings. The zero-order valence-electron chi connectivity index (χ0n) is 18.4. The maximum atomic E-state index is 11.1. The monoisotopic (exact) mass is 448 g/mol. The number of methoxy groups -OCH3 is 1. The van der Waals surface area contributed by atoms with Crippen molar-refractivity contribution in [3.8, 4) is 5.75 Å². The van der Waals surface area contributed by atoms with Crippen LogP contribution in [0.3, 0.4) is 0 Å². The molecule has 3 aromatic rings. The third-order valence-electron chi connectivity index (χ3n) is 6.21. The summed E-state index contributed by atoms with van der Waals surface area (Å²) in [5.41, 5.74) is 3.56. The van der Waals surface area contributed by atoms with Gasteiger partial charge < -0.3 is 14.7 Å². The molecule has 0 radical (unpaired) electrons. The third-order valence-corrected chi connectivity index (χ3v) is 6.46. The highest BCUT2D eigenvalue weighted by molar-refractivity contribution is 6.30. The summed E-state index contributed by atoms with van der Waals surface area (Å²) in [5.74, 6) is 0.842. The number of ether oxygens (including phenoxy) is 1. The van der Waals surface area contributed by atoms with Crippen molar-refractivity contribution in [1.29, 1.82) is 0 Å². The Morgan fingerprint density at radius 3 is 2.53 bits per heavy atom. The van der Waals surface area contributed by atoms with Crippen LogP contribution >= 0.6 is 11.6 Å². The average Bonchev–Trinajstić information content (AvgIpc) is 2.84. The van der Waals surface area contributed by atoms with Gasteiger partial charge in [0.05, 0.1) is 12.7 Å². The van der Waals surface area contributed by atoms with Crippen molar-refractivity contribution in [3.63, 3.8) is 0 Å². The van der Waals surface area contributed by atoms with Crippen LogP contribution in [0, 0.1) is 0 Å². The number of likely N-dealkylation sites (tertiary alicyclic amines) is 1. The van der Waals surface area contributed by atoms with Gasteiger partial charge in [0, 0.05) is 42.6 Å². The molecule has 0 atom stereocenters. The van der Waals surface area contributed by atoms with Crippen molar-refractivity contribution < 1.29 is 9.84 Å². The van der Waals surface area contributed by atoms with E-state index in [9.17, 15) is 5.11 Å². The molecule has 1 aliphatic rings. The predicted octanol–water partition coefficient (Wildman–Crippen LogP) is 5.55. The Bertz CT molecular complexity index is 1040. The average molecular weight is 449 g/mol. The molecule has 0 spiro atoms. The second-order valence-corrected chi connectivity index (χ2v) is 8.70. The first kappa shape index (κ1) is 22.5. The number of piperidine rings is 1. The van der Waals surface area contributed by atoms with Crippen molar-refractivity contribution in [2.75, 3.05) is 26.7 Å². The quantitative estimate of drug-likeness (QED) is 0.514. The van der Waals surface area contributed by atoms with E-state index >= 15 is 0 Å². The fourth-order valence-electron chi connectivity index (χ4n) is 4.30. The van der Waals surface area contributed by atoms with Crippen molar-refractivity contribution >= 4 is 17.2 Å². The number of benzene rings is 2. The minimum atomic E-state index is -0.765. The maximum absolute atomic E-state index is 11.1. The fraction of sp³-hybridized carbons (Fsp3) is 0.296. The predicted molar refractivity (Wildman–Crippen MR) is 130 cm³/mol. The Hall–Kier alpha value is -2.66. The van der Waals surface area contributed by atoms with Gasteiger partial charge in [0.15, 0.2) is 0 Å². The summed E-state index contributed by atoms with van der Waals surface area (Å²) in [6, 6.07) is 19.8. The van der Waals surface area contributed by atoms with Gasteiger partial charge in [-0.2, -0.15) is 0 Å². The molecule has 1 saturated heterocycles. The van der Waals surface area contributed by atoms with Crippen molar-refractivity contribution in [1.82, 2.24) is 9.88 Å². The van der Waals surface area contributed by atoms with Crippen LogP contribution in [0.15, 0.2) is 79.1 Å². The molecule has 1 aromatic heterocycles. The number of rotatable bonds is 7. The van der Waals surface area contributed by atoms with Gasteiger partial charge in [-0.3, -0.25) is 4.98 Å². The zero-order valence-corrected chi connectivity index (χ0v) is 19.1. The van der Waals surface area contributed by atoms with Gasteiger partial charge in [-0.05, 0) is 66.3 Å².